The summed E-state index contributed by atoms with van der Waals surface area (Å²) in [5, 5.41) is 9.39. The van der Waals surface area contributed by atoms with Crippen LogP contribution < -0.4 is 5.32 Å². The van der Waals surface area contributed by atoms with Gasteiger partial charge in [-0.1, -0.05) is 0 Å². The fraction of sp³-hybridized carbons (Fsp3) is 0.385. The summed E-state index contributed by atoms with van der Waals surface area (Å²) in [4.78, 5) is 3.95. The Morgan fingerprint density at radius 2 is 2.00 bits per heavy atom. The Morgan fingerprint density at radius 3 is 2.67 bits per heavy atom. The molecule has 4 nitrogen and oxygen atoms in total. The van der Waals surface area contributed by atoms with Crippen molar-refractivity contribution in [2.24, 2.45) is 0 Å². The van der Waals surface area contributed by atoms with Crippen LogP contribution in [0.2, 0.25) is 0 Å². The molecule has 1 heterocycles. The summed E-state index contributed by atoms with van der Waals surface area (Å²) in [6.45, 7) is 0.760. The van der Waals surface area contributed by atoms with Gasteiger partial charge < -0.3 is 5.32 Å². The molecule has 0 aliphatic heterocycles. The zero-order valence-electron chi connectivity index (χ0n) is 11.0. The molecule has 0 saturated carbocycles. The number of aromatic amines is 1. The quantitative estimate of drug-likeness (QED) is 0.637. The number of nitrogens with one attached hydrogen (secondary N) is 2. The minimum atomic E-state index is -4.54. The Balaban J connectivity index is 1.81. The van der Waals surface area contributed by atoms with Crippen LogP contribution in [-0.4, -0.2) is 21.7 Å². The standard InChI is InChI=1S/C13H14F4N4/c14-11-5-9(4-10(6-11)13(15,16)17)7-18-3-1-2-12-19-8-20-21-12/h4-6,8,18H,1-3,7H2,(H,19,20,21). The van der Waals surface area contributed by atoms with Crippen LogP contribution >= 0.6 is 0 Å². The third-order valence-electron chi connectivity index (χ3n) is 2.85. The zero-order chi connectivity index (χ0) is 15.3. The Hall–Kier alpha value is -1.96. The summed E-state index contributed by atoms with van der Waals surface area (Å²) in [5.74, 6) is -0.134. The number of halogens is 4. The van der Waals surface area contributed by atoms with E-state index in [9.17, 15) is 17.6 Å². The summed E-state index contributed by atoms with van der Waals surface area (Å²) in [6, 6.07) is 2.54. The van der Waals surface area contributed by atoms with Crippen LogP contribution in [0.25, 0.3) is 0 Å². The smallest absolute Gasteiger partial charge is 0.313 e. The fourth-order valence-electron chi connectivity index (χ4n) is 1.88. The summed E-state index contributed by atoms with van der Waals surface area (Å²) < 4.78 is 50.8. The molecule has 1 aromatic heterocycles. The van der Waals surface area contributed by atoms with Gasteiger partial charge in [0.15, 0.2) is 0 Å². The molecule has 0 unspecified atom stereocenters. The fourth-order valence-corrected chi connectivity index (χ4v) is 1.88. The number of benzene rings is 1. The van der Waals surface area contributed by atoms with Crippen LogP contribution in [-0.2, 0) is 19.1 Å². The van der Waals surface area contributed by atoms with E-state index in [0.717, 1.165) is 24.4 Å². The van der Waals surface area contributed by atoms with Gasteiger partial charge in [-0.05, 0) is 36.7 Å². The zero-order valence-corrected chi connectivity index (χ0v) is 11.0. The number of hydrogen-bond donors (Lipinski definition) is 2. The molecule has 0 amide bonds. The van der Waals surface area contributed by atoms with Crippen molar-refractivity contribution in [3.05, 3.63) is 47.3 Å². The van der Waals surface area contributed by atoms with E-state index >= 15 is 0 Å². The van der Waals surface area contributed by atoms with E-state index in [1.165, 1.54) is 6.33 Å². The third-order valence-corrected chi connectivity index (χ3v) is 2.85. The largest absolute Gasteiger partial charge is 0.416 e. The molecule has 0 bridgehead atoms. The maximum atomic E-state index is 13.2. The number of nitrogens with zero attached hydrogens (tertiary/aromatic N) is 2. The Labute approximate surface area is 118 Å². The maximum Gasteiger partial charge on any atom is 0.416 e. The first-order valence-electron chi connectivity index (χ1n) is 6.37. The molecule has 0 fully saturated rings. The Morgan fingerprint density at radius 1 is 1.19 bits per heavy atom. The van der Waals surface area contributed by atoms with Crippen molar-refractivity contribution in [3.63, 3.8) is 0 Å². The van der Waals surface area contributed by atoms with Gasteiger partial charge in [-0.3, -0.25) is 5.10 Å². The summed E-state index contributed by atoms with van der Waals surface area (Å²) in [7, 11) is 0. The van der Waals surface area contributed by atoms with Crippen LogP contribution in [0.1, 0.15) is 23.4 Å². The molecule has 0 aliphatic rings. The minimum Gasteiger partial charge on any atom is -0.313 e. The average Bonchev–Trinajstić information content (AvgIpc) is 2.90. The molecule has 2 rings (SSSR count). The molecule has 1 aromatic carbocycles. The van der Waals surface area contributed by atoms with Crippen LogP contribution in [0, 0.1) is 5.82 Å². The lowest BCUT2D eigenvalue weighted by molar-refractivity contribution is -0.137. The van der Waals surface area contributed by atoms with E-state index in [1.54, 1.807) is 0 Å². The summed E-state index contributed by atoms with van der Waals surface area (Å²) in [5.41, 5.74) is -0.706. The second-order valence-corrected chi connectivity index (χ2v) is 4.56. The monoisotopic (exact) mass is 302 g/mol. The first-order chi connectivity index (χ1) is 9.95. The van der Waals surface area contributed by atoms with Crippen molar-refractivity contribution in [1.29, 1.82) is 0 Å². The molecule has 0 spiro atoms. The van der Waals surface area contributed by atoms with Crippen molar-refractivity contribution >= 4 is 0 Å². The number of aryl methyl sites for hydroxylation is 1. The predicted molar refractivity (Wildman–Crippen MR) is 67.8 cm³/mol. The Kier molecular flexibility index (Phi) is 4.89. The van der Waals surface area contributed by atoms with Gasteiger partial charge in [-0.15, -0.1) is 0 Å². The van der Waals surface area contributed by atoms with Crippen molar-refractivity contribution in [3.8, 4) is 0 Å². The van der Waals surface area contributed by atoms with Gasteiger partial charge in [0.25, 0.3) is 0 Å². The van der Waals surface area contributed by atoms with E-state index in [1.807, 2.05) is 0 Å². The number of H-pyrrole nitrogens is 1. The van der Waals surface area contributed by atoms with Crippen molar-refractivity contribution in [2.45, 2.75) is 25.6 Å². The van der Waals surface area contributed by atoms with E-state index < -0.39 is 17.6 Å². The Bertz CT molecular complexity index is 566. The van der Waals surface area contributed by atoms with Crippen LogP contribution in [0.3, 0.4) is 0 Å². The van der Waals surface area contributed by atoms with Gasteiger partial charge in [-0.2, -0.15) is 18.3 Å². The van der Waals surface area contributed by atoms with Crippen LogP contribution in [0.4, 0.5) is 17.6 Å². The highest BCUT2D eigenvalue weighted by Crippen LogP contribution is 2.30. The van der Waals surface area contributed by atoms with Gasteiger partial charge in [0, 0.05) is 13.0 Å². The van der Waals surface area contributed by atoms with E-state index in [0.29, 0.717) is 19.0 Å². The lowest BCUT2D eigenvalue weighted by Crippen LogP contribution is -2.16. The lowest BCUT2D eigenvalue weighted by Gasteiger charge is -2.10. The minimum absolute atomic E-state index is 0.178. The second-order valence-electron chi connectivity index (χ2n) is 4.56. The van der Waals surface area contributed by atoms with Crippen LogP contribution in [0.15, 0.2) is 24.5 Å². The summed E-state index contributed by atoms with van der Waals surface area (Å²) >= 11 is 0. The van der Waals surface area contributed by atoms with Crippen molar-refractivity contribution < 1.29 is 17.6 Å². The predicted octanol–water partition coefficient (Wildman–Crippen LogP) is 2.69. The highest BCUT2D eigenvalue weighted by molar-refractivity contribution is 5.26. The highest BCUT2D eigenvalue weighted by Gasteiger charge is 2.31. The molecule has 2 aromatic rings. The van der Waals surface area contributed by atoms with E-state index in [-0.39, 0.29) is 12.1 Å². The molecule has 8 heteroatoms. The molecule has 0 aliphatic carbocycles. The lowest BCUT2D eigenvalue weighted by atomic mass is 10.1. The van der Waals surface area contributed by atoms with Gasteiger partial charge in [0.2, 0.25) is 0 Å². The molecule has 2 N–H and O–H groups in total. The molecule has 0 atom stereocenters. The molecule has 21 heavy (non-hydrogen) atoms. The second kappa shape index (κ2) is 6.66. The SMILES string of the molecule is Fc1cc(CNCCCc2ncn[nH]2)cc(C(F)(F)F)c1. The highest BCUT2D eigenvalue weighted by atomic mass is 19.4. The molecule has 0 radical (unpaired) electrons. The molecular formula is C13H14F4N4. The van der Waals surface area contributed by atoms with Crippen LogP contribution in [0.5, 0.6) is 0 Å². The van der Waals surface area contributed by atoms with E-state index in [4.69, 9.17) is 0 Å². The van der Waals surface area contributed by atoms with Gasteiger partial charge in [0.05, 0.1) is 5.56 Å². The maximum absolute atomic E-state index is 13.2. The number of hydrogen-bond acceptors (Lipinski definition) is 3. The topological polar surface area (TPSA) is 53.6 Å². The first-order valence-corrected chi connectivity index (χ1v) is 6.37. The number of aromatic nitrogens is 3. The van der Waals surface area contributed by atoms with Crippen molar-refractivity contribution in [1.82, 2.24) is 20.5 Å². The first kappa shape index (κ1) is 15.4. The van der Waals surface area contributed by atoms with E-state index in [2.05, 4.69) is 20.5 Å². The molecular weight excluding hydrogens is 288 g/mol. The number of alkyl halides is 3. The summed E-state index contributed by atoms with van der Waals surface area (Å²) in [6.07, 6.45) is -1.70. The van der Waals surface area contributed by atoms with Gasteiger partial charge >= 0.3 is 6.18 Å². The molecule has 114 valence electrons. The van der Waals surface area contributed by atoms with Crippen molar-refractivity contribution in [2.75, 3.05) is 6.54 Å². The normalized spacial score (nSPS) is 11.8. The number of rotatable bonds is 6. The van der Waals surface area contributed by atoms with Gasteiger partial charge in [0.1, 0.15) is 18.0 Å². The average molecular weight is 302 g/mol. The van der Waals surface area contributed by atoms with Gasteiger partial charge in [-0.25, -0.2) is 9.37 Å². The molecule has 0 saturated heterocycles. The third kappa shape index (κ3) is 4.82.